The van der Waals surface area contributed by atoms with Gasteiger partial charge in [0.25, 0.3) is 0 Å². The lowest BCUT2D eigenvalue weighted by Gasteiger charge is -2.34. The van der Waals surface area contributed by atoms with Crippen molar-refractivity contribution in [3.05, 3.63) is 42.0 Å². The first kappa shape index (κ1) is 21.2. The average Bonchev–Trinajstić information content (AvgIpc) is 3.11. The second kappa shape index (κ2) is 8.61. The number of carbonyl (C=O) groups excluding carboxylic acids is 2. The summed E-state index contributed by atoms with van der Waals surface area (Å²) >= 11 is 0. The van der Waals surface area contributed by atoms with Crippen LogP contribution in [0.4, 0.5) is 10.3 Å². The molecule has 2 fully saturated rings. The van der Waals surface area contributed by atoms with Crippen molar-refractivity contribution in [1.82, 2.24) is 19.8 Å². The molecule has 1 aromatic heterocycles. The fourth-order valence-corrected chi connectivity index (χ4v) is 4.46. The molecule has 3 heterocycles. The van der Waals surface area contributed by atoms with Crippen LogP contribution in [-0.4, -0.2) is 72.4 Å². The van der Waals surface area contributed by atoms with E-state index in [1.807, 2.05) is 30.0 Å². The van der Waals surface area contributed by atoms with E-state index in [9.17, 15) is 14.0 Å². The van der Waals surface area contributed by atoms with Crippen LogP contribution in [0.15, 0.2) is 30.5 Å². The number of likely N-dealkylation sites (tertiary alicyclic amines) is 2. The molecule has 31 heavy (non-hydrogen) atoms. The van der Waals surface area contributed by atoms with Gasteiger partial charge in [-0.2, -0.15) is 0 Å². The molecule has 2 aliphatic rings. The van der Waals surface area contributed by atoms with Gasteiger partial charge in [0.1, 0.15) is 5.82 Å². The Morgan fingerprint density at radius 1 is 1.16 bits per heavy atom. The second-order valence-corrected chi connectivity index (χ2v) is 8.62. The topological polar surface area (TPSA) is 69.6 Å². The van der Waals surface area contributed by atoms with Crippen LogP contribution in [0.5, 0.6) is 0 Å². The van der Waals surface area contributed by atoms with Gasteiger partial charge < -0.3 is 14.7 Å². The molecule has 1 unspecified atom stereocenters. The summed E-state index contributed by atoms with van der Waals surface area (Å²) < 4.78 is 14.5. The molecule has 1 aromatic carbocycles. The molecule has 7 nitrogen and oxygen atoms in total. The predicted molar refractivity (Wildman–Crippen MR) is 116 cm³/mol. The molecule has 0 aliphatic carbocycles. The van der Waals surface area contributed by atoms with Crippen molar-refractivity contribution in [2.45, 2.75) is 25.2 Å². The molecule has 0 bridgehead atoms. The van der Waals surface area contributed by atoms with Gasteiger partial charge in [-0.15, -0.1) is 0 Å². The smallest absolute Gasteiger partial charge is 0.227 e. The van der Waals surface area contributed by atoms with Gasteiger partial charge in [0.05, 0.1) is 11.6 Å². The summed E-state index contributed by atoms with van der Waals surface area (Å²) in [6, 6.07) is 6.67. The number of aromatic nitrogens is 2. The van der Waals surface area contributed by atoms with E-state index in [-0.39, 0.29) is 29.5 Å². The Hall–Kier alpha value is -3.03. The maximum absolute atomic E-state index is 14.5. The van der Waals surface area contributed by atoms with E-state index in [4.69, 9.17) is 4.98 Å². The van der Waals surface area contributed by atoms with Crippen molar-refractivity contribution in [2.75, 3.05) is 45.7 Å². The number of anilines is 1. The lowest BCUT2D eigenvalue weighted by atomic mass is 9.88. The van der Waals surface area contributed by atoms with Crippen LogP contribution in [0.25, 0.3) is 11.1 Å². The third-order valence-corrected chi connectivity index (χ3v) is 6.25. The van der Waals surface area contributed by atoms with Crippen LogP contribution < -0.4 is 4.90 Å². The Morgan fingerprint density at radius 3 is 2.48 bits per heavy atom. The van der Waals surface area contributed by atoms with Gasteiger partial charge in [-0.05, 0) is 18.9 Å². The van der Waals surface area contributed by atoms with Crippen molar-refractivity contribution in [1.29, 1.82) is 0 Å². The first-order chi connectivity index (χ1) is 14.8. The number of amides is 2. The Bertz CT molecular complexity index is 988. The first-order valence-corrected chi connectivity index (χ1v) is 10.7. The molecular formula is C23H28FN5O2. The number of piperidine rings is 1. The second-order valence-electron chi connectivity index (χ2n) is 8.62. The van der Waals surface area contributed by atoms with Crippen molar-refractivity contribution in [3.8, 4) is 11.1 Å². The molecule has 1 atom stereocenters. The molecule has 164 valence electrons. The number of halogens is 1. The summed E-state index contributed by atoms with van der Waals surface area (Å²) in [5, 5.41) is 0. The Balaban J connectivity index is 1.55. The minimum absolute atomic E-state index is 0.0277. The number of nitrogens with zero attached hydrogens (tertiary/aromatic N) is 5. The van der Waals surface area contributed by atoms with Crippen LogP contribution in [0.3, 0.4) is 0 Å². The van der Waals surface area contributed by atoms with Gasteiger partial charge in [-0.3, -0.25) is 9.59 Å². The van der Waals surface area contributed by atoms with E-state index in [1.165, 1.54) is 6.07 Å². The fraction of sp³-hybridized carbons (Fsp3) is 0.478. The Kier molecular flexibility index (Phi) is 5.89. The molecule has 4 rings (SSSR count). The number of hydrogen-bond acceptors (Lipinski definition) is 5. The van der Waals surface area contributed by atoms with Crippen molar-refractivity contribution >= 4 is 17.8 Å². The lowest BCUT2D eigenvalue weighted by Crippen LogP contribution is -2.42. The van der Waals surface area contributed by atoms with Gasteiger partial charge >= 0.3 is 0 Å². The first-order valence-electron chi connectivity index (χ1n) is 10.7. The zero-order chi connectivity index (χ0) is 22.1. The van der Waals surface area contributed by atoms with Gasteiger partial charge in [0, 0.05) is 70.4 Å². The maximum Gasteiger partial charge on any atom is 0.227 e. The van der Waals surface area contributed by atoms with Gasteiger partial charge in [-0.25, -0.2) is 14.4 Å². The summed E-state index contributed by atoms with van der Waals surface area (Å²) in [5.74, 6) is 0.228. The summed E-state index contributed by atoms with van der Waals surface area (Å²) in [6.07, 6.45) is 3.49. The van der Waals surface area contributed by atoms with Crippen molar-refractivity contribution in [2.24, 2.45) is 5.92 Å². The van der Waals surface area contributed by atoms with Crippen molar-refractivity contribution in [3.63, 3.8) is 0 Å². The van der Waals surface area contributed by atoms with Crippen molar-refractivity contribution < 1.29 is 14.0 Å². The highest BCUT2D eigenvalue weighted by atomic mass is 19.1. The molecule has 0 spiro atoms. The maximum atomic E-state index is 14.5. The molecule has 2 saturated heterocycles. The van der Waals surface area contributed by atoms with Crippen LogP contribution in [-0.2, 0) is 9.59 Å². The van der Waals surface area contributed by atoms with Crippen LogP contribution in [0.1, 0.15) is 30.9 Å². The standard InChI is InChI=1S/C23H28FN5O2/c1-27(2)23-25-13-18(17-6-4-5-7-19(17)24)21(26-23)15-8-10-29(11-9-15)22(31)16-12-20(30)28(3)14-16/h4-7,13,15-16H,8-12,14H2,1-3H3. The van der Waals surface area contributed by atoms with Crippen LogP contribution in [0, 0.1) is 11.7 Å². The highest BCUT2D eigenvalue weighted by Crippen LogP contribution is 2.36. The number of carbonyl (C=O) groups is 2. The Labute approximate surface area is 181 Å². The number of hydrogen-bond donors (Lipinski definition) is 0. The third-order valence-electron chi connectivity index (χ3n) is 6.25. The van der Waals surface area contributed by atoms with Gasteiger partial charge in [-0.1, -0.05) is 18.2 Å². The highest BCUT2D eigenvalue weighted by Gasteiger charge is 2.36. The van der Waals surface area contributed by atoms with E-state index in [0.29, 0.717) is 43.1 Å². The van der Waals surface area contributed by atoms with E-state index in [1.54, 1.807) is 30.3 Å². The number of benzene rings is 1. The van der Waals surface area contributed by atoms with E-state index in [0.717, 1.165) is 18.5 Å². The fourth-order valence-electron chi connectivity index (χ4n) is 4.46. The van der Waals surface area contributed by atoms with Crippen LogP contribution >= 0.6 is 0 Å². The summed E-state index contributed by atoms with van der Waals surface area (Å²) in [6.45, 7) is 1.71. The minimum Gasteiger partial charge on any atom is -0.347 e. The average molecular weight is 426 g/mol. The molecule has 2 amide bonds. The molecular weight excluding hydrogens is 397 g/mol. The third kappa shape index (κ3) is 4.24. The zero-order valence-electron chi connectivity index (χ0n) is 18.2. The van der Waals surface area contributed by atoms with E-state index < -0.39 is 0 Å². The summed E-state index contributed by atoms with van der Waals surface area (Å²) in [7, 11) is 5.50. The summed E-state index contributed by atoms with van der Waals surface area (Å²) in [5.41, 5.74) is 2.02. The Morgan fingerprint density at radius 2 is 1.87 bits per heavy atom. The molecule has 8 heteroatoms. The molecule has 0 radical (unpaired) electrons. The summed E-state index contributed by atoms with van der Waals surface area (Å²) in [4.78, 5) is 39.2. The number of rotatable bonds is 4. The predicted octanol–water partition coefficient (Wildman–Crippen LogP) is 2.53. The van der Waals surface area contributed by atoms with E-state index >= 15 is 0 Å². The molecule has 0 N–H and O–H groups in total. The highest BCUT2D eigenvalue weighted by molar-refractivity contribution is 5.89. The minimum atomic E-state index is -0.299. The molecule has 2 aliphatic heterocycles. The molecule has 0 saturated carbocycles. The van der Waals surface area contributed by atoms with Crippen LogP contribution in [0.2, 0.25) is 0 Å². The lowest BCUT2D eigenvalue weighted by molar-refractivity contribution is -0.136. The SMILES string of the molecule is CN1CC(C(=O)N2CCC(c3nc(N(C)C)ncc3-c3ccccc3F)CC2)CC1=O. The van der Waals surface area contributed by atoms with Gasteiger partial charge in [0.15, 0.2) is 0 Å². The quantitative estimate of drug-likeness (QED) is 0.753. The normalized spacial score (nSPS) is 19.7. The monoisotopic (exact) mass is 425 g/mol. The molecule has 2 aromatic rings. The van der Waals surface area contributed by atoms with E-state index in [2.05, 4.69) is 4.98 Å². The van der Waals surface area contributed by atoms with Gasteiger partial charge in [0.2, 0.25) is 17.8 Å². The zero-order valence-corrected chi connectivity index (χ0v) is 18.2. The largest absolute Gasteiger partial charge is 0.347 e.